The van der Waals surface area contributed by atoms with Crippen LogP contribution in [0.25, 0.3) is 0 Å². The van der Waals surface area contributed by atoms with E-state index >= 15 is 0 Å². The zero-order valence-corrected chi connectivity index (χ0v) is 11.2. The molecule has 64 valence electrons. The number of hydrogen-bond acceptors (Lipinski definition) is 1. The van der Waals surface area contributed by atoms with Crippen LogP contribution in [0.2, 0.25) is 0 Å². The predicted molar refractivity (Wildman–Crippen MR) is 59.6 cm³/mol. The Morgan fingerprint density at radius 3 is 1.90 bits per heavy atom. The normalized spacial score (nSPS) is 14.1. The quantitative estimate of drug-likeness (QED) is 0.751. The minimum absolute atomic E-state index is 0. The van der Waals surface area contributed by atoms with Gasteiger partial charge in [0.25, 0.3) is 0 Å². The monoisotopic (exact) mass is 357 g/mol. The van der Waals surface area contributed by atoms with Crippen LogP contribution in [-0.2, 0) is 0 Å². The van der Waals surface area contributed by atoms with Crippen LogP contribution >= 0.6 is 60.2 Å². The van der Waals surface area contributed by atoms with E-state index in [2.05, 4.69) is 54.7 Å². The van der Waals surface area contributed by atoms with Gasteiger partial charge in [0.1, 0.15) is 2.14 Å². The second-order valence-corrected chi connectivity index (χ2v) is 9.24. The standard InChI is InChI=1S/C5H10Br3N.ClH/c1-2-4(9)3-5(6,7)8;/h4H,2-3,9H2,1H3;1H. The molecule has 0 heterocycles. The largest absolute Gasteiger partial charge is 0.328 e. The molecule has 0 amide bonds. The first-order chi connectivity index (χ1) is 3.95. The molecular formula is C5H11Br3ClN. The Morgan fingerprint density at radius 1 is 1.40 bits per heavy atom. The second kappa shape index (κ2) is 6.23. The maximum Gasteiger partial charge on any atom is 0.136 e. The topological polar surface area (TPSA) is 26.0 Å². The maximum atomic E-state index is 5.67. The fourth-order valence-corrected chi connectivity index (χ4v) is 1.69. The van der Waals surface area contributed by atoms with Crippen LogP contribution in [0.1, 0.15) is 19.8 Å². The molecule has 0 radical (unpaired) electrons. The summed E-state index contributed by atoms with van der Waals surface area (Å²) >= 11 is 10.1. The Morgan fingerprint density at radius 2 is 1.80 bits per heavy atom. The zero-order valence-electron chi connectivity index (χ0n) is 5.61. The lowest BCUT2D eigenvalue weighted by atomic mass is 10.2. The summed E-state index contributed by atoms with van der Waals surface area (Å²) in [6.45, 7) is 2.07. The number of halogens is 4. The van der Waals surface area contributed by atoms with Crippen molar-refractivity contribution in [3.8, 4) is 0 Å². The van der Waals surface area contributed by atoms with E-state index in [1.54, 1.807) is 0 Å². The van der Waals surface area contributed by atoms with E-state index < -0.39 is 0 Å². The summed E-state index contributed by atoms with van der Waals surface area (Å²) in [6.07, 6.45) is 1.88. The first-order valence-corrected chi connectivity index (χ1v) is 5.16. The molecule has 0 aromatic heterocycles. The van der Waals surface area contributed by atoms with Crippen molar-refractivity contribution in [3.63, 3.8) is 0 Å². The maximum absolute atomic E-state index is 5.67. The molecular weight excluding hydrogens is 349 g/mol. The van der Waals surface area contributed by atoms with E-state index in [0.29, 0.717) is 0 Å². The van der Waals surface area contributed by atoms with Crippen LogP contribution in [0.5, 0.6) is 0 Å². The van der Waals surface area contributed by atoms with E-state index in [0.717, 1.165) is 12.8 Å². The lowest BCUT2D eigenvalue weighted by Gasteiger charge is -2.16. The molecule has 1 nitrogen and oxygen atoms in total. The van der Waals surface area contributed by atoms with E-state index in [4.69, 9.17) is 5.73 Å². The van der Waals surface area contributed by atoms with Crippen molar-refractivity contribution in [2.24, 2.45) is 5.73 Å². The van der Waals surface area contributed by atoms with Crippen molar-refractivity contribution in [2.75, 3.05) is 0 Å². The van der Waals surface area contributed by atoms with Crippen LogP contribution in [-0.4, -0.2) is 8.18 Å². The average molecular weight is 360 g/mol. The van der Waals surface area contributed by atoms with E-state index in [-0.39, 0.29) is 20.6 Å². The van der Waals surface area contributed by atoms with Crippen LogP contribution in [0.4, 0.5) is 0 Å². The second-order valence-electron chi connectivity index (χ2n) is 1.99. The third-order valence-corrected chi connectivity index (χ3v) is 1.99. The first kappa shape index (κ1) is 14.2. The summed E-state index contributed by atoms with van der Waals surface area (Å²) in [5.41, 5.74) is 5.67. The Balaban J connectivity index is 0. The van der Waals surface area contributed by atoms with Crippen molar-refractivity contribution in [2.45, 2.75) is 28.0 Å². The van der Waals surface area contributed by atoms with Crippen molar-refractivity contribution in [1.82, 2.24) is 0 Å². The third kappa shape index (κ3) is 9.69. The van der Waals surface area contributed by atoms with E-state index in [1.807, 2.05) is 0 Å². The lowest BCUT2D eigenvalue weighted by Crippen LogP contribution is -2.23. The van der Waals surface area contributed by atoms with Gasteiger partial charge in [-0.2, -0.15) is 0 Å². The summed E-state index contributed by atoms with van der Waals surface area (Å²) in [4.78, 5) is 0. The fraction of sp³-hybridized carbons (Fsp3) is 1.00. The van der Waals surface area contributed by atoms with Gasteiger partial charge in [-0.25, -0.2) is 0 Å². The van der Waals surface area contributed by atoms with Gasteiger partial charge in [0.2, 0.25) is 0 Å². The summed E-state index contributed by atoms with van der Waals surface area (Å²) in [5.74, 6) is 0. The number of rotatable bonds is 2. The summed E-state index contributed by atoms with van der Waals surface area (Å²) in [5, 5.41) is 0. The molecule has 0 spiro atoms. The summed E-state index contributed by atoms with van der Waals surface area (Å²) < 4.78 is -0.164. The van der Waals surface area contributed by atoms with Gasteiger partial charge < -0.3 is 5.73 Å². The Kier molecular flexibility index (Phi) is 8.87. The first-order valence-electron chi connectivity index (χ1n) is 2.78. The highest BCUT2D eigenvalue weighted by Crippen LogP contribution is 2.37. The SMILES string of the molecule is CCC(N)CC(Br)(Br)Br.Cl. The third-order valence-electron chi connectivity index (χ3n) is 1.02. The van der Waals surface area contributed by atoms with Crippen LogP contribution < -0.4 is 5.73 Å². The molecule has 1 unspecified atom stereocenters. The van der Waals surface area contributed by atoms with Gasteiger partial charge in [-0.15, -0.1) is 12.4 Å². The van der Waals surface area contributed by atoms with Gasteiger partial charge in [0, 0.05) is 6.04 Å². The predicted octanol–water partition coefficient (Wildman–Crippen LogP) is 3.37. The highest BCUT2D eigenvalue weighted by molar-refractivity contribution is 9.39. The number of nitrogens with two attached hydrogens (primary N) is 1. The molecule has 5 heteroatoms. The van der Waals surface area contributed by atoms with Crippen LogP contribution in [0.3, 0.4) is 0 Å². The minimum Gasteiger partial charge on any atom is -0.328 e. The molecule has 0 rings (SSSR count). The van der Waals surface area contributed by atoms with Crippen LogP contribution in [0.15, 0.2) is 0 Å². The Bertz CT molecular complexity index is 83.5. The molecule has 1 atom stereocenters. The molecule has 0 bridgehead atoms. The molecule has 0 aliphatic rings. The highest BCUT2D eigenvalue weighted by atomic mass is 80.0. The number of hydrogen-bond donors (Lipinski definition) is 1. The Labute approximate surface area is 93.3 Å². The van der Waals surface area contributed by atoms with E-state index in [9.17, 15) is 0 Å². The number of alkyl halides is 3. The minimum atomic E-state index is -0.164. The van der Waals surface area contributed by atoms with Crippen molar-refractivity contribution in [3.05, 3.63) is 0 Å². The average Bonchev–Trinajstić information content (AvgIpc) is 1.62. The van der Waals surface area contributed by atoms with Gasteiger partial charge in [0.05, 0.1) is 0 Å². The van der Waals surface area contributed by atoms with Crippen LogP contribution in [0, 0.1) is 0 Å². The highest BCUT2D eigenvalue weighted by Gasteiger charge is 2.20. The van der Waals surface area contributed by atoms with Gasteiger partial charge >= 0.3 is 0 Å². The van der Waals surface area contributed by atoms with Gasteiger partial charge in [-0.3, -0.25) is 0 Å². The Hall–Kier alpha value is 1.69. The van der Waals surface area contributed by atoms with Gasteiger partial charge in [0.15, 0.2) is 0 Å². The molecule has 0 aliphatic heterocycles. The molecule has 0 aromatic carbocycles. The van der Waals surface area contributed by atoms with E-state index in [1.165, 1.54) is 0 Å². The van der Waals surface area contributed by atoms with Gasteiger partial charge in [-0.05, 0) is 12.8 Å². The molecule has 0 saturated carbocycles. The molecule has 0 saturated heterocycles. The zero-order chi connectivity index (χ0) is 7.49. The van der Waals surface area contributed by atoms with Crippen molar-refractivity contribution >= 4 is 60.2 Å². The fourth-order valence-electron chi connectivity index (χ4n) is 0.442. The molecule has 0 aromatic rings. The molecule has 0 fully saturated rings. The lowest BCUT2D eigenvalue weighted by molar-refractivity contribution is 0.621. The summed E-state index contributed by atoms with van der Waals surface area (Å²) in [6, 6.07) is 0.253. The van der Waals surface area contributed by atoms with Crippen molar-refractivity contribution < 1.29 is 0 Å². The molecule has 10 heavy (non-hydrogen) atoms. The summed E-state index contributed by atoms with van der Waals surface area (Å²) in [7, 11) is 0. The van der Waals surface area contributed by atoms with Gasteiger partial charge in [-0.1, -0.05) is 54.7 Å². The molecule has 0 aliphatic carbocycles. The van der Waals surface area contributed by atoms with Crippen molar-refractivity contribution in [1.29, 1.82) is 0 Å². The smallest absolute Gasteiger partial charge is 0.136 e. The molecule has 2 N–H and O–H groups in total.